The Morgan fingerprint density at radius 3 is 3.05 bits per heavy atom. The van der Waals surface area contributed by atoms with E-state index in [1.54, 1.807) is 0 Å². The molecule has 1 aromatic carbocycles. The van der Waals surface area contributed by atoms with E-state index in [0.29, 0.717) is 5.92 Å². The van der Waals surface area contributed by atoms with Crippen molar-refractivity contribution in [3.63, 3.8) is 0 Å². The molecule has 2 heterocycles. The number of benzene rings is 1. The zero-order chi connectivity index (χ0) is 14.7. The predicted molar refractivity (Wildman–Crippen MR) is 83.3 cm³/mol. The highest BCUT2D eigenvalue weighted by molar-refractivity contribution is 5.34. The van der Waals surface area contributed by atoms with E-state index in [4.69, 9.17) is 4.74 Å². The van der Waals surface area contributed by atoms with Gasteiger partial charge in [-0.1, -0.05) is 18.2 Å². The van der Waals surface area contributed by atoms with Crippen LogP contribution in [0.25, 0.3) is 0 Å². The van der Waals surface area contributed by atoms with E-state index in [1.165, 1.54) is 11.1 Å². The fourth-order valence-corrected chi connectivity index (χ4v) is 3.09. The van der Waals surface area contributed by atoms with Crippen LogP contribution in [0.3, 0.4) is 0 Å². The summed E-state index contributed by atoms with van der Waals surface area (Å²) in [7, 11) is 4.15. The Labute approximate surface area is 126 Å². The third-order valence-electron chi connectivity index (χ3n) is 4.05. The van der Waals surface area contributed by atoms with Crippen LogP contribution in [0.5, 0.6) is 5.75 Å². The van der Waals surface area contributed by atoms with Crippen molar-refractivity contribution in [3.05, 3.63) is 47.8 Å². The first-order valence-electron chi connectivity index (χ1n) is 7.57. The third-order valence-corrected chi connectivity index (χ3v) is 4.05. The number of ether oxygens (including phenoxy) is 1. The molecule has 1 atom stereocenters. The van der Waals surface area contributed by atoms with Crippen molar-refractivity contribution in [2.75, 3.05) is 20.2 Å². The maximum Gasteiger partial charge on any atom is 0.122 e. The first kappa shape index (κ1) is 14.1. The molecular formula is C17H23N3O. The zero-order valence-corrected chi connectivity index (χ0v) is 12.8. The normalized spacial score (nSPS) is 18.1. The van der Waals surface area contributed by atoms with Crippen molar-refractivity contribution in [1.29, 1.82) is 0 Å². The van der Waals surface area contributed by atoms with Crippen LogP contribution in [-0.4, -0.2) is 34.9 Å². The largest absolute Gasteiger partial charge is 0.493 e. The number of nitrogens with zero attached hydrogens (tertiary/aromatic N) is 3. The Kier molecular flexibility index (Phi) is 4.25. The molecule has 2 aromatic rings. The highest BCUT2D eigenvalue weighted by Crippen LogP contribution is 2.27. The van der Waals surface area contributed by atoms with Crippen LogP contribution in [0.15, 0.2) is 36.7 Å². The number of para-hydroxylation sites is 1. The van der Waals surface area contributed by atoms with E-state index in [0.717, 1.165) is 38.3 Å². The van der Waals surface area contributed by atoms with E-state index in [2.05, 4.69) is 41.4 Å². The highest BCUT2D eigenvalue weighted by Gasteiger charge is 2.19. The number of fused-ring (bicyclic) bond motifs is 1. The lowest BCUT2D eigenvalue weighted by molar-refractivity contribution is 0.235. The van der Waals surface area contributed by atoms with Crippen LogP contribution in [-0.2, 0) is 20.0 Å². The lowest BCUT2D eigenvalue weighted by Crippen LogP contribution is -2.26. The molecule has 0 radical (unpaired) electrons. The summed E-state index contributed by atoms with van der Waals surface area (Å²) in [4.78, 5) is 2.38. The Bertz CT molecular complexity index is 593. The number of aromatic nitrogens is 2. The van der Waals surface area contributed by atoms with Gasteiger partial charge in [0.05, 0.1) is 12.8 Å². The second-order valence-electron chi connectivity index (χ2n) is 6.03. The molecule has 0 unspecified atom stereocenters. The number of hydrogen-bond acceptors (Lipinski definition) is 3. The van der Waals surface area contributed by atoms with Gasteiger partial charge in [-0.25, -0.2) is 0 Å². The van der Waals surface area contributed by atoms with Gasteiger partial charge in [-0.3, -0.25) is 4.68 Å². The minimum absolute atomic E-state index is 0.648. The average molecular weight is 285 g/mol. The molecule has 0 saturated carbocycles. The van der Waals surface area contributed by atoms with Gasteiger partial charge in [-0.2, -0.15) is 5.10 Å². The minimum Gasteiger partial charge on any atom is -0.493 e. The number of rotatable bonds is 4. The molecule has 4 nitrogen and oxygen atoms in total. The molecule has 0 saturated heterocycles. The van der Waals surface area contributed by atoms with Gasteiger partial charge in [0.15, 0.2) is 0 Å². The summed E-state index contributed by atoms with van der Waals surface area (Å²) in [5.74, 6) is 1.71. The van der Waals surface area contributed by atoms with E-state index >= 15 is 0 Å². The second-order valence-corrected chi connectivity index (χ2v) is 6.03. The summed E-state index contributed by atoms with van der Waals surface area (Å²) in [5, 5.41) is 4.23. The maximum atomic E-state index is 5.85. The summed E-state index contributed by atoms with van der Waals surface area (Å²) in [6.45, 7) is 2.86. The molecule has 1 aromatic heterocycles. The summed E-state index contributed by atoms with van der Waals surface area (Å²) in [5.41, 5.74) is 2.61. The molecule has 1 aliphatic heterocycles. The van der Waals surface area contributed by atoms with Gasteiger partial charge < -0.3 is 9.64 Å². The fourth-order valence-electron chi connectivity index (χ4n) is 3.09. The molecule has 0 bridgehead atoms. The summed E-state index contributed by atoms with van der Waals surface area (Å²) in [6, 6.07) is 8.42. The Morgan fingerprint density at radius 2 is 2.24 bits per heavy atom. The van der Waals surface area contributed by atoms with Crippen LogP contribution < -0.4 is 4.74 Å². The second kappa shape index (κ2) is 6.31. The van der Waals surface area contributed by atoms with Crippen LogP contribution in [0, 0.1) is 5.92 Å². The number of hydrogen-bond donors (Lipinski definition) is 0. The van der Waals surface area contributed by atoms with Gasteiger partial charge in [0, 0.05) is 31.9 Å². The molecule has 4 heteroatoms. The topological polar surface area (TPSA) is 30.3 Å². The van der Waals surface area contributed by atoms with E-state index < -0.39 is 0 Å². The minimum atomic E-state index is 0.648. The molecule has 1 aliphatic rings. The highest BCUT2D eigenvalue weighted by atomic mass is 16.5. The van der Waals surface area contributed by atoms with Crippen molar-refractivity contribution < 1.29 is 4.74 Å². The maximum absolute atomic E-state index is 5.85. The van der Waals surface area contributed by atoms with Crippen LogP contribution in [0.1, 0.15) is 17.5 Å². The van der Waals surface area contributed by atoms with E-state index in [9.17, 15) is 0 Å². The van der Waals surface area contributed by atoms with Crippen LogP contribution in [0.2, 0.25) is 0 Å². The molecule has 0 spiro atoms. The van der Waals surface area contributed by atoms with Crippen molar-refractivity contribution >= 4 is 0 Å². The van der Waals surface area contributed by atoms with Crippen molar-refractivity contribution in [2.45, 2.75) is 19.4 Å². The Morgan fingerprint density at radius 1 is 1.38 bits per heavy atom. The zero-order valence-electron chi connectivity index (χ0n) is 12.8. The number of aryl methyl sites for hydroxylation is 1. The molecule has 3 rings (SSSR count). The predicted octanol–water partition coefficient (Wildman–Crippen LogP) is 2.49. The Balaban J connectivity index is 1.60. The van der Waals surface area contributed by atoms with Gasteiger partial charge in [-0.15, -0.1) is 0 Å². The van der Waals surface area contributed by atoms with Gasteiger partial charge in [0.25, 0.3) is 0 Å². The summed E-state index contributed by atoms with van der Waals surface area (Å²) >= 11 is 0. The fraction of sp³-hybridized carbons (Fsp3) is 0.471. The molecule has 0 fully saturated rings. The third kappa shape index (κ3) is 3.64. The van der Waals surface area contributed by atoms with Crippen molar-refractivity contribution in [2.24, 2.45) is 13.0 Å². The first-order valence-corrected chi connectivity index (χ1v) is 7.57. The van der Waals surface area contributed by atoms with Gasteiger partial charge in [0.1, 0.15) is 5.75 Å². The lowest BCUT2D eigenvalue weighted by atomic mass is 9.96. The molecule has 112 valence electrons. The summed E-state index contributed by atoms with van der Waals surface area (Å²) in [6.07, 6.45) is 6.25. The summed E-state index contributed by atoms with van der Waals surface area (Å²) < 4.78 is 7.71. The smallest absolute Gasteiger partial charge is 0.122 e. The van der Waals surface area contributed by atoms with E-state index in [1.807, 2.05) is 24.0 Å². The van der Waals surface area contributed by atoms with Crippen molar-refractivity contribution in [3.8, 4) is 5.75 Å². The quantitative estimate of drug-likeness (QED) is 0.864. The van der Waals surface area contributed by atoms with Gasteiger partial charge in [-0.05, 0) is 37.4 Å². The first-order chi connectivity index (χ1) is 10.2. The lowest BCUT2D eigenvalue weighted by Gasteiger charge is -2.22. The van der Waals surface area contributed by atoms with Gasteiger partial charge in [0.2, 0.25) is 0 Å². The van der Waals surface area contributed by atoms with E-state index in [-0.39, 0.29) is 0 Å². The molecular weight excluding hydrogens is 262 g/mol. The molecule has 0 N–H and O–H groups in total. The van der Waals surface area contributed by atoms with Crippen LogP contribution >= 0.6 is 0 Å². The Hall–Kier alpha value is -1.81. The standard InChI is InChI=1S/C17H23N3O/c1-19(12-15-10-18-20(2)13-15)11-14-7-8-21-17-6-4-3-5-16(17)9-14/h3-6,10,13-14H,7-9,11-12H2,1-2H3/t14-/m1/s1. The van der Waals surface area contributed by atoms with Gasteiger partial charge >= 0.3 is 0 Å². The SMILES string of the molecule is CN(Cc1cnn(C)c1)C[C@@H]1CCOc2ccccc2C1. The van der Waals surface area contributed by atoms with Crippen LogP contribution in [0.4, 0.5) is 0 Å². The molecule has 0 aliphatic carbocycles. The monoisotopic (exact) mass is 285 g/mol. The molecule has 21 heavy (non-hydrogen) atoms. The average Bonchev–Trinajstić information content (AvgIpc) is 2.74. The van der Waals surface area contributed by atoms with Crippen molar-refractivity contribution in [1.82, 2.24) is 14.7 Å². The molecule has 0 amide bonds.